The largest absolute Gasteiger partial charge is 0.352 e. The Morgan fingerprint density at radius 3 is 1.83 bits per heavy atom. The summed E-state index contributed by atoms with van der Waals surface area (Å²) in [6.07, 6.45) is 0.0318. The van der Waals surface area contributed by atoms with Gasteiger partial charge in [-0.25, -0.2) is 0 Å². The SMILES string of the molecule is O=C[C@@H](COCOCc1ccccc1)OCOCc1ccccc1. The van der Waals surface area contributed by atoms with Gasteiger partial charge in [0.15, 0.2) is 6.29 Å². The highest BCUT2D eigenvalue weighted by Crippen LogP contribution is 2.02. The lowest BCUT2D eigenvalue weighted by Crippen LogP contribution is -2.23. The fourth-order valence-electron chi connectivity index (χ4n) is 1.95. The minimum atomic E-state index is -0.666. The maximum Gasteiger partial charge on any atom is 0.151 e. The van der Waals surface area contributed by atoms with Crippen molar-refractivity contribution in [3.63, 3.8) is 0 Å². The summed E-state index contributed by atoms with van der Waals surface area (Å²) in [6, 6.07) is 19.5. The van der Waals surface area contributed by atoms with Gasteiger partial charge in [-0.05, 0) is 11.1 Å². The van der Waals surface area contributed by atoms with Crippen molar-refractivity contribution in [1.29, 1.82) is 0 Å². The molecular weight excluding hydrogens is 308 g/mol. The standard InChI is InChI=1S/C19H22O5/c20-11-19(24-16-22-13-18-9-5-2-6-10-18)14-23-15-21-12-17-7-3-1-4-8-17/h1-11,19H,12-16H2/t19-/m0/s1. The number of carbonyl (C=O) groups excluding carboxylic acids is 1. The second-order valence-corrected chi connectivity index (χ2v) is 5.12. The molecule has 0 aliphatic heterocycles. The summed E-state index contributed by atoms with van der Waals surface area (Å²) < 4.78 is 21.3. The number of hydrogen-bond acceptors (Lipinski definition) is 5. The number of ether oxygens (including phenoxy) is 4. The van der Waals surface area contributed by atoms with Crippen LogP contribution >= 0.6 is 0 Å². The number of aldehydes is 1. The van der Waals surface area contributed by atoms with Gasteiger partial charge in [-0.1, -0.05) is 60.7 Å². The maximum atomic E-state index is 11.0. The second-order valence-electron chi connectivity index (χ2n) is 5.12. The molecule has 0 fully saturated rings. The minimum absolute atomic E-state index is 0.0343. The zero-order valence-corrected chi connectivity index (χ0v) is 13.5. The molecule has 5 heteroatoms. The first-order chi connectivity index (χ1) is 11.9. The van der Waals surface area contributed by atoms with Gasteiger partial charge in [0, 0.05) is 0 Å². The molecule has 5 nitrogen and oxygen atoms in total. The number of rotatable bonds is 12. The quantitative estimate of drug-likeness (QED) is 0.340. The topological polar surface area (TPSA) is 54.0 Å². The van der Waals surface area contributed by atoms with Gasteiger partial charge in [-0.15, -0.1) is 0 Å². The molecule has 2 aromatic rings. The number of carbonyl (C=O) groups is 1. The summed E-state index contributed by atoms with van der Waals surface area (Å²) in [5.74, 6) is 0. The van der Waals surface area contributed by atoms with Crippen LogP contribution in [0.2, 0.25) is 0 Å². The Labute approximate surface area is 142 Å². The highest BCUT2D eigenvalue weighted by atomic mass is 16.7. The van der Waals surface area contributed by atoms with Crippen molar-refractivity contribution in [2.45, 2.75) is 19.3 Å². The van der Waals surface area contributed by atoms with Gasteiger partial charge in [-0.2, -0.15) is 0 Å². The summed E-state index contributed by atoms with van der Waals surface area (Å²) in [4.78, 5) is 11.0. The molecule has 0 heterocycles. The molecule has 0 spiro atoms. The molecule has 0 unspecified atom stereocenters. The smallest absolute Gasteiger partial charge is 0.151 e. The molecule has 0 N–H and O–H groups in total. The van der Waals surface area contributed by atoms with Crippen molar-refractivity contribution in [2.75, 3.05) is 20.2 Å². The Morgan fingerprint density at radius 2 is 1.29 bits per heavy atom. The molecule has 0 saturated heterocycles. The van der Waals surface area contributed by atoms with Gasteiger partial charge in [-0.3, -0.25) is 0 Å². The van der Waals surface area contributed by atoms with Crippen LogP contribution in [0.4, 0.5) is 0 Å². The van der Waals surface area contributed by atoms with Crippen molar-refractivity contribution >= 4 is 6.29 Å². The summed E-state index contributed by atoms with van der Waals surface area (Å²) in [5, 5.41) is 0. The van der Waals surface area contributed by atoms with E-state index in [2.05, 4.69) is 0 Å². The first kappa shape index (κ1) is 18.3. The van der Waals surface area contributed by atoms with Crippen molar-refractivity contribution < 1.29 is 23.7 Å². The van der Waals surface area contributed by atoms with E-state index in [1.165, 1.54) is 0 Å². The summed E-state index contributed by atoms with van der Waals surface area (Å²) in [7, 11) is 0. The molecule has 0 saturated carbocycles. The lowest BCUT2D eigenvalue weighted by Gasteiger charge is -2.13. The molecule has 0 bridgehead atoms. The van der Waals surface area contributed by atoms with Crippen LogP contribution in [0, 0.1) is 0 Å². The van der Waals surface area contributed by atoms with E-state index in [1.807, 2.05) is 60.7 Å². The third-order valence-corrected chi connectivity index (χ3v) is 3.19. The van der Waals surface area contributed by atoms with Crippen LogP contribution in [0.25, 0.3) is 0 Å². The van der Waals surface area contributed by atoms with Gasteiger partial charge in [0.25, 0.3) is 0 Å². The highest BCUT2D eigenvalue weighted by molar-refractivity contribution is 5.56. The van der Waals surface area contributed by atoms with Crippen LogP contribution in [0.15, 0.2) is 60.7 Å². The van der Waals surface area contributed by atoms with E-state index in [0.717, 1.165) is 11.1 Å². The molecule has 0 aliphatic rings. The van der Waals surface area contributed by atoms with E-state index in [9.17, 15) is 4.79 Å². The molecule has 0 radical (unpaired) electrons. The molecular formula is C19H22O5. The summed E-state index contributed by atoms with van der Waals surface area (Å²) >= 11 is 0. The predicted molar refractivity (Wildman–Crippen MR) is 89.1 cm³/mol. The fraction of sp³-hybridized carbons (Fsp3) is 0.316. The van der Waals surface area contributed by atoms with E-state index >= 15 is 0 Å². The molecule has 0 aromatic heterocycles. The third-order valence-electron chi connectivity index (χ3n) is 3.19. The highest BCUT2D eigenvalue weighted by Gasteiger charge is 2.08. The van der Waals surface area contributed by atoms with Crippen LogP contribution < -0.4 is 0 Å². The average molecular weight is 330 g/mol. The normalized spacial score (nSPS) is 12.0. The first-order valence-electron chi connectivity index (χ1n) is 7.76. The lowest BCUT2D eigenvalue weighted by atomic mass is 10.2. The molecule has 1 atom stereocenters. The molecule has 128 valence electrons. The molecule has 0 aliphatic carbocycles. The van der Waals surface area contributed by atoms with Crippen LogP contribution in [0.3, 0.4) is 0 Å². The predicted octanol–water partition coefficient (Wildman–Crippen LogP) is 2.94. The van der Waals surface area contributed by atoms with Gasteiger partial charge >= 0.3 is 0 Å². The van der Waals surface area contributed by atoms with E-state index in [4.69, 9.17) is 18.9 Å². The minimum Gasteiger partial charge on any atom is -0.352 e. The van der Waals surface area contributed by atoms with Gasteiger partial charge in [0.05, 0.1) is 19.8 Å². The van der Waals surface area contributed by atoms with E-state index in [1.54, 1.807) is 0 Å². The van der Waals surface area contributed by atoms with Crippen LogP contribution in [-0.4, -0.2) is 32.6 Å². The van der Waals surface area contributed by atoms with Crippen molar-refractivity contribution in [2.24, 2.45) is 0 Å². The van der Waals surface area contributed by atoms with Crippen LogP contribution in [-0.2, 0) is 37.0 Å². The Hall–Kier alpha value is -2.05. The first-order valence-corrected chi connectivity index (χ1v) is 7.76. The molecule has 2 aromatic carbocycles. The summed E-state index contributed by atoms with van der Waals surface area (Å²) in [6.45, 7) is 1.17. The Bertz CT molecular complexity index is 558. The van der Waals surface area contributed by atoms with E-state index in [-0.39, 0.29) is 20.2 Å². The zero-order valence-electron chi connectivity index (χ0n) is 13.5. The monoisotopic (exact) mass is 330 g/mol. The molecule has 0 amide bonds. The van der Waals surface area contributed by atoms with Gasteiger partial charge in [0.2, 0.25) is 0 Å². The Balaban J connectivity index is 1.51. The van der Waals surface area contributed by atoms with Crippen LogP contribution in [0.5, 0.6) is 0 Å². The lowest BCUT2D eigenvalue weighted by molar-refractivity contribution is -0.150. The van der Waals surface area contributed by atoms with E-state index < -0.39 is 6.10 Å². The van der Waals surface area contributed by atoms with E-state index in [0.29, 0.717) is 19.5 Å². The zero-order chi connectivity index (χ0) is 16.9. The fourth-order valence-corrected chi connectivity index (χ4v) is 1.95. The van der Waals surface area contributed by atoms with Crippen molar-refractivity contribution in [3.8, 4) is 0 Å². The van der Waals surface area contributed by atoms with Crippen LogP contribution in [0.1, 0.15) is 11.1 Å². The van der Waals surface area contributed by atoms with Crippen molar-refractivity contribution in [3.05, 3.63) is 71.8 Å². The van der Waals surface area contributed by atoms with Gasteiger partial charge in [0.1, 0.15) is 19.7 Å². The van der Waals surface area contributed by atoms with Crippen molar-refractivity contribution in [1.82, 2.24) is 0 Å². The third kappa shape index (κ3) is 7.48. The Morgan fingerprint density at radius 1 is 0.750 bits per heavy atom. The van der Waals surface area contributed by atoms with Gasteiger partial charge < -0.3 is 23.7 Å². The molecule has 24 heavy (non-hydrogen) atoms. The maximum absolute atomic E-state index is 11.0. The average Bonchev–Trinajstić information content (AvgIpc) is 2.65. The second kappa shape index (κ2) is 11.5. The molecule has 2 rings (SSSR count). The number of benzene rings is 2. The summed E-state index contributed by atoms with van der Waals surface area (Å²) in [5.41, 5.74) is 2.12. The number of hydrogen-bond donors (Lipinski definition) is 0. The Kier molecular flexibility index (Phi) is 8.75.